The Hall–Kier alpha value is -8.28. The summed E-state index contributed by atoms with van der Waals surface area (Å²) >= 11 is 0. The zero-order valence-electron chi connectivity index (χ0n) is 32.8. The van der Waals surface area contributed by atoms with Gasteiger partial charge in [0.15, 0.2) is 17.5 Å². The monoisotopic (exact) mass is 778 g/mol. The Labute approximate surface area is 351 Å². The molecule has 0 aliphatic carbocycles. The van der Waals surface area contributed by atoms with E-state index in [0.717, 1.165) is 93.5 Å². The quantitative estimate of drug-likeness (QED) is 0.157. The molecule has 0 saturated carbocycles. The molecule has 0 atom stereocenters. The topological polar surface area (TPSA) is 64.7 Å². The van der Waals surface area contributed by atoms with Crippen molar-refractivity contribution in [2.45, 2.75) is 0 Å². The van der Waals surface area contributed by atoms with E-state index in [9.17, 15) is 0 Å². The Morgan fingerprint density at radius 3 is 1.62 bits per heavy atom. The van der Waals surface area contributed by atoms with Gasteiger partial charge in [0.05, 0.1) is 11.2 Å². The molecule has 61 heavy (non-hydrogen) atoms. The minimum atomic E-state index is 0.602. The van der Waals surface area contributed by atoms with Gasteiger partial charge in [-0.15, -0.1) is 0 Å². The molecule has 0 unspecified atom stereocenters. The third kappa shape index (κ3) is 5.94. The minimum absolute atomic E-state index is 0.602. The zero-order valence-corrected chi connectivity index (χ0v) is 32.8. The highest BCUT2D eigenvalue weighted by atomic mass is 16.3. The number of fused-ring (bicyclic) bond motifs is 7. The summed E-state index contributed by atoms with van der Waals surface area (Å²) in [7, 11) is 0. The van der Waals surface area contributed by atoms with Gasteiger partial charge < -0.3 is 4.42 Å². The highest BCUT2D eigenvalue weighted by Gasteiger charge is 2.22. The number of nitrogens with zero attached hydrogens (tertiary/aromatic N) is 4. The molecular weight excluding hydrogens is 745 g/mol. The van der Waals surface area contributed by atoms with E-state index >= 15 is 0 Å². The summed E-state index contributed by atoms with van der Waals surface area (Å²) in [6, 6.07) is 71.6. The number of benzene rings is 9. The fourth-order valence-electron chi connectivity index (χ4n) is 8.82. The molecule has 0 amide bonds. The van der Waals surface area contributed by atoms with Crippen LogP contribution in [0.3, 0.4) is 0 Å². The van der Waals surface area contributed by atoms with Crippen LogP contribution in [-0.4, -0.2) is 19.9 Å². The third-order valence-electron chi connectivity index (χ3n) is 11.7. The lowest BCUT2D eigenvalue weighted by Gasteiger charge is -2.16. The van der Waals surface area contributed by atoms with E-state index in [1.807, 2.05) is 42.5 Å². The van der Waals surface area contributed by atoms with E-state index in [1.165, 1.54) is 11.1 Å². The van der Waals surface area contributed by atoms with Crippen molar-refractivity contribution in [2.24, 2.45) is 0 Å². The first-order valence-corrected chi connectivity index (χ1v) is 20.5. The summed E-state index contributed by atoms with van der Waals surface area (Å²) in [4.78, 5) is 20.6. The number of aromatic nitrogens is 4. The fourth-order valence-corrected chi connectivity index (χ4v) is 8.82. The lowest BCUT2D eigenvalue weighted by Crippen LogP contribution is -2.00. The second kappa shape index (κ2) is 14.2. The van der Waals surface area contributed by atoms with E-state index in [-0.39, 0.29) is 0 Å². The number of furan rings is 1. The molecule has 0 bridgehead atoms. The van der Waals surface area contributed by atoms with E-state index in [0.29, 0.717) is 17.5 Å². The molecule has 3 heterocycles. The molecular formula is C56H34N4O. The Morgan fingerprint density at radius 2 is 0.852 bits per heavy atom. The molecule has 3 aromatic heterocycles. The average molecular weight is 779 g/mol. The maximum atomic E-state index is 6.67. The SMILES string of the molecule is c1ccc(-c2ccc(-c3c4c(cc5c(-c6ccc(-c7nc(-c8ccccc8)nc(-c8cccc9ccccc89)n7)cc6)nc6ccccc6c35)oc3ccccc34)cc2)cc1. The lowest BCUT2D eigenvalue weighted by molar-refractivity contribution is 0.669. The van der Waals surface area contributed by atoms with Crippen molar-refractivity contribution >= 4 is 54.4 Å². The number of rotatable bonds is 6. The van der Waals surface area contributed by atoms with Gasteiger partial charge in [-0.3, -0.25) is 0 Å². The molecule has 0 spiro atoms. The van der Waals surface area contributed by atoms with E-state index < -0.39 is 0 Å². The Balaban J connectivity index is 1.06. The highest BCUT2D eigenvalue weighted by Crippen LogP contribution is 2.46. The van der Waals surface area contributed by atoms with Crippen LogP contribution in [0.2, 0.25) is 0 Å². The van der Waals surface area contributed by atoms with Crippen molar-refractivity contribution in [3.05, 3.63) is 206 Å². The van der Waals surface area contributed by atoms with Crippen LogP contribution in [-0.2, 0) is 0 Å². The summed E-state index contributed by atoms with van der Waals surface area (Å²) < 4.78 is 6.67. The van der Waals surface area contributed by atoms with Gasteiger partial charge in [-0.1, -0.05) is 188 Å². The van der Waals surface area contributed by atoms with Crippen LogP contribution in [0.15, 0.2) is 211 Å². The van der Waals surface area contributed by atoms with Crippen molar-refractivity contribution in [1.29, 1.82) is 0 Å². The van der Waals surface area contributed by atoms with Crippen LogP contribution < -0.4 is 0 Å². The summed E-state index contributed by atoms with van der Waals surface area (Å²) in [6.45, 7) is 0. The van der Waals surface area contributed by atoms with Crippen LogP contribution in [0.25, 0.3) is 122 Å². The molecule has 0 aliphatic rings. The predicted molar refractivity (Wildman–Crippen MR) is 250 cm³/mol. The smallest absolute Gasteiger partial charge is 0.164 e. The Bertz CT molecular complexity index is 3610. The summed E-state index contributed by atoms with van der Waals surface area (Å²) in [5.74, 6) is 1.86. The molecule has 0 aliphatic heterocycles. The largest absolute Gasteiger partial charge is 0.456 e. The van der Waals surface area contributed by atoms with Gasteiger partial charge in [0.2, 0.25) is 0 Å². The first-order chi connectivity index (χ1) is 30.2. The summed E-state index contributed by atoms with van der Waals surface area (Å²) in [6.07, 6.45) is 0. The standard InChI is InChI=1S/C56H34N4O/c1-3-14-35(15-4-1)36-26-28-38(29-27-36)50-51-44-21-9-11-24-47(44)57-53(46(51)34-49-52(50)45-22-10-12-25-48(45)61-49)39-30-32-41(33-31-39)55-58-54(40-17-5-2-6-18-40)59-56(60-55)43-23-13-19-37-16-7-8-20-42(37)43/h1-34H. The Morgan fingerprint density at radius 1 is 0.311 bits per heavy atom. The normalized spacial score (nSPS) is 11.6. The van der Waals surface area contributed by atoms with Crippen molar-refractivity contribution in [1.82, 2.24) is 19.9 Å². The van der Waals surface area contributed by atoms with Gasteiger partial charge in [0.25, 0.3) is 0 Å². The van der Waals surface area contributed by atoms with Gasteiger partial charge >= 0.3 is 0 Å². The first kappa shape index (κ1) is 34.7. The van der Waals surface area contributed by atoms with Crippen molar-refractivity contribution in [3.8, 4) is 67.7 Å². The van der Waals surface area contributed by atoms with Gasteiger partial charge in [0, 0.05) is 54.7 Å². The molecule has 284 valence electrons. The number of para-hydroxylation sites is 2. The van der Waals surface area contributed by atoms with Crippen molar-refractivity contribution in [3.63, 3.8) is 0 Å². The molecule has 0 saturated heterocycles. The van der Waals surface area contributed by atoms with Gasteiger partial charge in [-0.25, -0.2) is 19.9 Å². The average Bonchev–Trinajstić information content (AvgIpc) is 3.71. The van der Waals surface area contributed by atoms with Crippen molar-refractivity contribution < 1.29 is 4.42 Å². The van der Waals surface area contributed by atoms with E-state index in [4.69, 9.17) is 24.4 Å². The second-order valence-electron chi connectivity index (χ2n) is 15.3. The van der Waals surface area contributed by atoms with Crippen LogP contribution in [0.5, 0.6) is 0 Å². The maximum absolute atomic E-state index is 6.67. The van der Waals surface area contributed by atoms with Gasteiger partial charge in [-0.2, -0.15) is 0 Å². The maximum Gasteiger partial charge on any atom is 0.164 e. The first-order valence-electron chi connectivity index (χ1n) is 20.5. The van der Waals surface area contributed by atoms with Crippen LogP contribution in [0.4, 0.5) is 0 Å². The molecule has 0 radical (unpaired) electrons. The molecule has 0 N–H and O–H groups in total. The van der Waals surface area contributed by atoms with Crippen molar-refractivity contribution in [2.75, 3.05) is 0 Å². The van der Waals surface area contributed by atoms with Crippen LogP contribution >= 0.6 is 0 Å². The molecule has 9 aromatic carbocycles. The van der Waals surface area contributed by atoms with E-state index in [2.05, 4.69) is 164 Å². The third-order valence-corrected chi connectivity index (χ3v) is 11.7. The van der Waals surface area contributed by atoms with Gasteiger partial charge in [-0.05, 0) is 45.7 Å². The molecule has 5 nitrogen and oxygen atoms in total. The summed E-state index contributed by atoms with van der Waals surface area (Å²) in [5.41, 5.74) is 11.8. The minimum Gasteiger partial charge on any atom is -0.456 e. The second-order valence-corrected chi connectivity index (χ2v) is 15.3. The number of hydrogen-bond acceptors (Lipinski definition) is 5. The lowest BCUT2D eigenvalue weighted by atomic mass is 9.89. The number of hydrogen-bond donors (Lipinski definition) is 0. The number of pyridine rings is 1. The molecule has 12 aromatic rings. The predicted octanol–water partition coefficient (Wildman–Crippen LogP) is 14.6. The van der Waals surface area contributed by atoms with E-state index in [1.54, 1.807) is 0 Å². The fraction of sp³-hybridized carbons (Fsp3) is 0. The summed E-state index contributed by atoms with van der Waals surface area (Å²) in [5, 5.41) is 7.66. The van der Waals surface area contributed by atoms with Gasteiger partial charge in [0.1, 0.15) is 11.2 Å². The highest BCUT2D eigenvalue weighted by molar-refractivity contribution is 6.27. The molecule has 5 heteroatoms. The molecule has 0 fully saturated rings. The Kier molecular flexibility index (Phi) is 8.10. The molecule has 12 rings (SSSR count). The van der Waals surface area contributed by atoms with Crippen LogP contribution in [0.1, 0.15) is 0 Å². The zero-order chi connectivity index (χ0) is 40.3. The van der Waals surface area contributed by atoms with Crippen LogP contribution in [0, 0.1) is 0 Å².